The van der Waals surface area contributed by atoms with Gasteiger partial charge in [-0.3, -0.25) is 9.59 Å². The monoisotopic (exact) mass is 313 g/mol. The van der Waals surface area contributed by atoms with Gasteiger partial charge in [0.15, 0.2) is 0 Å². The van der Waals surface area contributed by atoms with Crippen molar-refractivity contribution in [3.63, 3.8) is 0 Å². The SMILES string of the molecule is C/C(CC(=O)Nc1ccc(F)cc1)=N\NC(=O)c1ccccc1. The molecule has 0 heterocycles. The van der Waals surface area contributed by atoms with Gasteiger partial charge in [0, 0.05) is 17.0 Å². The van der Waals surface area contributed by atoms with Gasteiger partial charge in [0.25, 0.3) is 5.91 Å². The van der Waals surface area contributed by atoms with Crippen molar-refractivity contribution in [1.29, 1.82) is 0 Å². The van der Waals surface area contributed by atoms with Crippen molar-refractivity contribution in [2.24, 2.45) is 5.10 Å². The van der Waals surface area contributed by atoms with Gasteiger partial charge in [-0.25, -0.2) is 9.82 Å². The van der Waals surface area contributed by atoms with Gasteiger partial charge in [0.2, 0.25) is 5.91 Å². The van der Waals surface area contributed by atoms with Crippen LogP contribution in [0.5, 0.6) is 0 Å². The van der Waals surface area contributed by atoms with Gasteiger partial charge >= 0.3 is 0 Å². The molecular weight excluding hydrogens is 297 g/mol. The third-order valence-electron chi connectivity index (χ3n) is 2.93. The molecule has 6 heteroatoms. The number of nitrogens with zero attached hydrogens (tertiary/aromatic N) is 1. The number of amides is 2. The molecule has 0 unspecified atom stereocenters. The number of halogens is 1. The zero-order chi connectivity index (χ0) is 16.7. The van der Waals surface area contributed by atoms with Gasteiger partial charge in [-0.05, 0) is 43.3 Å². The second-order valence-corrected chi connectivity index (χ2v) is 4.89. The summed E-state index contributed by atoms with van der Waals surface area (Å²) >= 11 is 0. The van der Waals surface area contributed by atoms with Crippen LogP contribution in [0.1, 0.15) is 23.7 Å². The molecule has 0 saturated heterocycles. The van der Waals surface area contributed by atoms with E-state index >= 15 is 0 Å². The quantitative estimate of drug-likeness (QED) is 0.658. The van der Waals surface area contributed by atoms with E-state index in [2.05, 4.69) is 15.8 Å². The minimum Gasteiger partial charge on any atom is -0.326 e. The van der Waals surface area contributed by atoms with Crippen molar-refractivity contribution < 1.29 is 14.0 Å². The Bertz CT molecular complexity index is 712. The fourth-order valence-electron chi connectivity index (χ4n) is 1.81. The largest absolute Gasteiger partial charge is 0.326 e. The summed E-state index contributed by atoms with van der Waals surface area (Å²) in [6.45, 7) is 1.63. The van der Waals surface area contributed by atoms with Crippen LogP contribution in [-0.4, -0.2) is 17.5 Å². The summed E-state index contributed by atoms with van der Waals surface area (Å²) in [6, 6.07) is 14.1. The number of nitrogens with one attached hydrogen (secondary N) is 2. The molecule has 0 aromatic heterocycles. The average molecular weight is 313 g/mol. The number of benzene rings is 2. The summed E-state index contributed by atoms with van der Waals surface area (Å²) in [5.41, 5.74) is 3.83. The van der Waals surface area contributed by atoms with Gasteiger partial charge in [-0.15, -0.1) is 0 Å². The molecule has 0 fully saturated rings. The third-order valence-corrected chi connectivity index (χ3v) is 2.93. The summed E-state index contributed by atoms with van der Waals surface area (Å²) in [5.74, 6) is -1.01. The zero-order valence-electron chi connectivity index (χ0n) is 12.5. The first-order valence-electron chi connectivity index (χ1n) is 6.98. The first kappa shape index (κ1) is 16.4. The molecular formula is C17H16FN3O2. The lowest BCUT2D eigenvalue weighted by Crippen LogP contribution is -2.21. The van der Waals surface area contributed by atoms with E-state index in [1.807, 2.05) is 6.07 Å². The lowest BCUT2D eigenvalue weighted by Gasteiger charge is -2.05. The highest BCUT2D eigenvalue weighted by atomic mass is 19.1. The Labute approximate surface area is 133 Å². The minimum absolute atomic E-state index is 0.0203. The fourth-order valence-corrected chi connectivity index (χ4v) is 1.81. The van der Waals surface area contributed by atoms with Gasteiger partial charge < -0.3 is 5.32 Å². The lowest BCUT2D eigenvalue weighted by molar-refractivity contribution is -0.115. The van der Waals surface area contributed by atoms with Crippen molar-refractivity contribution >= 4 is 23.2 Å². The number of anilines is 1. The molecule has 0 aliphatic heterocycles. The summed E-state index contributed by atoms with van der Waals surface area (Å²) in [4.78, 5) is 23.6. The van der Waals surface area contributed by atoms with Crippen molar-refractivity contribution in [1.82, 2.24) is 5.43 Å². The number of carbonyl (C=O) groups is 2. The molecule has 2 rings (SSSR count). The van der Waals surface area contributed by atoms with Crippen molar-refractivity contribution in [2.75, 3.05) is 5.32 Å². The number of hydrazone groups is 1. The van der Waals surface area contributed by atoms with Crippen LogP contribution >= 0.6 is 0 Å². The van der Waals surface area contributed by atoms with Crippen LogP contribution in [0.2, 0.25) is 0 Å². The summed E-state index contributed by atoms with van der Waals surface area (Å²) in [6.07, 6.45) is 0.0203. The Morgan fingerprint density at radius 3 is 2.35 bits per heavy atom. The maximum atomic E-state index is 12.8. The molecule has 0 bridgehead atoms. The summed E-state index contributed by atoms with van der Waals surface area (Å²) in [7, 11) is 0. The Morgan fingerprint density at radius 2 is 1.70 bits per heavy atom. The van der Waals surface area contributed by atoms with Gasteiger partial charge in [0.05, 0.1) is 6.42 Å². The summed E-state index contributed by atoms with van der Waals surface area (Å²) < 4.78 is 12.8. The molecule has 2 aromatic rings. The molecule has 2 amide bonds. The van der Waals surface area contributed by atoms with Crippen LogP contribution in [0.3, 0.4) is 0 Å². The Hall–Kier alpha value is -3.02. The second-order valence-electron chi connectivity index (χ2n) is 4.89. The zero-order valence-corrected chi connectivity index (χ0v) is 12.5. The molecule has 2 N–H and O–H groups in total. The smallest absolute Gasteiger partial charge is 0.271 e. The van der Waals surface area contributed by atoms with Crippen LogP contribution < -0.4 is 10.7 Å². The molecule has 2 aromatic carbocycles. The highest BCUT2D eigenvalue weighted by Crippen LogP contribution is 2.08. The predicted molar refractivity (Wildman–Crippen MR) is 86.7 cm³/mol. The number of hydrogen-bond donors (Lipinski definition) is 2. The molecule has 23 heavy (non-hydrogen) atoms. The van der Waals surface area contributed by atoms with Crippen LogP contribution in [0.25, 0.3) is 0 Å². The topological polar surface area (TPSA) is 70.6 Å². The number of carbonyl (C=O) groups excluding carboxylic acids is 2. The van der Waals surface area contributed by atoms with Gasteiger partial charge in [-0.2, -0.15) is 5.10 Å². The van der Waals surface area contributed by atoms with E-state index in [4.69, 9.17) is 0 Å². The standard InChI is InChI=1S/C17H16FN3O2/c1-12(20-21-17(23)13-5-3-2-4-6-13)11-16(22)19-15-9-7-14(18)8-10-15/h2-10H,11H2,1H3,(H,19,22)(H,21,23)/b20-12+. The van der Waals surface area contributed by atoms with E-state index in [-0.39, 0.29) is 24.1 Å². The predicted octanol–water partition coefficient (Wildman–Crippen LogP) is 2.96. The Kier molecular flexibility index (Phi) is 5.57. The summed E-state index contributed by atoms with van der Waals surface area (Å²) in [5, 5.41) is 6.51. The highest BCUT2D eigenvalue weighted by Gasteiger charge is 2.06. The van der Waals surface area contributed by atoms with E-state index in [0.29, 0.717) is 17.0 Å². The Balaban J connectivity index is 1.85. The maximum Gasteiger partial charge on any atom is 0.271 e. The minimum atomic E-state index is -0.371. The van der Waals surface area contributed by atoms with Gasteiger partial charge in [-0.1, -0.05) is 18.2 Å². The van der Waals surface area contributed by atoms with E-state index in [1.165, 1.54) is 24.3 Å². The highest BCUT2D eigenvalue weighted by molar-refractivity contribution is 6.06. The lowest BCUT2D eigenvalue weighted by atomic mass is 10.2. The molecule has 118 valence electrons. The first-order chi connectivity index (χ1) is 11.0. The average Bonchev–Trinajstić information content (AvgIpc) is 2.55. The van der Waals surface area contributed by atoms with Crippen LogP contribution in [0.4, 0.5) is 10.1 Å². The molecule has 0 aliphatic rings. The van der Waals surface area contributed by atoms with Crippen molar-refractivity contribution in [2.45, 2.75) is 13.3 Å². The third kappa shape index (κ3) is 5.35. The number of hydrogen-bond acceptors (Lipinski definition) is 3. The molecule has 0 aliphatic carbocycles. The molecule has 0 spiro atoms. The maximum absolute atomic E-state index is 12.8. The van der Waals surface area contributed by atoms with Crippen LogP contribution in [0.15, 0.2) is 59.7 Å². The fraction of sp³-hybridized carbons (Fsp3) is 0.118. The van der Waals surface area contributed by atoms with Crippen LogP contribution in [-0.2, 0) is 4.79 Å². The van der Waals surface area contributed by atoms with E-state index in [9.17, 15) is 14.0 Å². The van der Waals surface area contributed by atoms with E-state index < -0.39 is 0 Å². The molecule has 5 nitrogen and oxygen atoms in total. The van der Waals surface area contributed by atoms with Crippen LogP contribution in [0, 0.1) is 5.82 Å². The van der Waals surface area contributed by atoms with E-state index in [1.54, 1.807) is 31.2 Å². The molecule has 0 saturated carbocycles. The second kappa shape index (κ2) is 7.84. The molecule has 0 atom stereocenters. The van der Waals surface area contributed by atoms with Crippen molar-refractivity contribution in [3.05, 3.63) is 66.0 Å². The van der Waals surface area contributed by atoms with Crippen molar-refractivity contribution in [3.8, 4) is 0 Å². The first-order valence-corrected chi connectivity index (χ1v) is 6.98. The molecule has 0 radical (unpaired) electrons. The van der Waals surface area contributed by atoms with E-state index in [0.717, 1.165) is 0 Å². The van der Waals surface area contributed by atoms with Gasteiger partial charge in [0.1, 0.15) is 5.82 Å². The number of rotatable bonds is 5. The normalized spacial score (nSPS) is 11.0. The Morgan fingerprint density at radius 1 is 1.04 bits per heavy atom.